The lowest BCUT2D eigenvalue weighted by atomic mass is 10.1. The second-order valence-corrected chi connectivity index (χ2v) is 4.82. The van der Waals surface area contributed by atoms with Gasteiger partial charge in [-0.3, -0.25) is 9.78 Å². The van der Waals surface area contributed by atoms with Crippen molar-refractivity contribution in [3.05, 3.63) is 60.2 Å². The summed E-state index contributed by atoms with van der Waals surface area (Å²) < 4.78 is 1.63. The molecule has 2 heterocycles. The molecule has 6 heteroatoms. The molecule has 2 aromatic heterocycles. The Morgan fingerprint density at radius 1 is 1.33 bits per heavy atom. The summed E-state index contributed by atoms with van der Waals surface area (Å²) in [6.07, 6.45) is 6.53. The highest BCUT2D eigenvalue weighted by molar-refractivity contribution is 6.00. The number of para-hydroxylation sites is 1. The van der Waals surface area contributed by atoms with Crippen molar-refractivity contribution in [2.24, 2.45) is 0 Å². The second kappa shape index (κ2) is 5.24. The molecule has 0 unspecified atom stereocenters. The summed E-state index contributed by atoms with van der Waals surface area (Å²) in [5.41, 5.74) is 8.73. The normalized spacial score (nSPS) is 10.7. The van der Waals surface area contributed by atoms with E-state index in [9.17, 15) is 4.79 Å². The van der Waals surface area contributed by atoms with Crippen molar-refractivity contribution in [2.75, 3.05) is 12.8 Å². The number of hydrogen-bond acceptors (Lipinski definition) is 4. The maximum atomic E-state index is 12.5. The average Bonchev–Trinajstić information content (AvgIpc) is 2.92. The average molecular weight is 281 g/mol. The summed E-state index contributed by atoms with van der Waals surface area (Å²) in [6.45, 7) is 0.448. The molecule has 3 rings (SSSR count). The van der Waals surface area contributed by atoms with Gasteiger partial charge in [-0.25, -0.2) is 4.52 Å². The van der Waals surface area contributed by atoms with Gasteiger partial charge in [0.15, 0.2) is 0 Å². The number of anilines is 1. The minimum absolute atomic E-state index is 0.110. The molecule has 1 aromatic carbocycles. The summed E-state index contributed by atoms with van der Waals surface area (Å²) in [6, 6.07) is 7.52. The Kier molecular flexibility index (Phi) is 3.27. The van der Waals surface area contributed by atoms with Crippen LogP contribution in [0.4, 0.5) is 5.69 Å². The second-order valence-electron chi connectivity index (χ2n) is 4.82. The van der Waals surface area contributed by atoms with Gasteiger partial charge in [0.05, 0.1) is 23.5 Å². The molecule has 0 aliphatic rings. The third-order valence-electron chi connectivity index (χ3n) is 3.36. The summed E-state index contributed by atoms with van der Waals surface area (Å²) in [5.74, 6) is -0.110. The number of carbonyl (C=O) groups is 1. The molecular formula is C15H15N5O. The Morgan fingerprint density at radius 2 is 2.14 bits per heavy atom. The van der Waals surface area contributed by atoms with E-state index in [1.807, 2.05) is 24.3 Å². The van der Waals surface area contributed by atoms with Crippen LogP contribution in [0.5, 0.6) is 0 Å². The fourth-order valence-corrected chi connectivity index (χ4v) is 2.21. The molecular weight excluding hydrogens is 266 g/mol. The van der Waals surface area contributed by atoms with Gasteiger partial charge in [0.25, 0.3) is 5.91 Å². The Balaban J connectivity index is 1.86. The molecule has 0 radical (unpaired) electrons. The van der Waals surface area contributed by atoms with Gasteiger partial charge in [0, 0.05) is 31.7 Å². The molecule has 0 aliphatic heterocycles. The van der Waals surface area contributed by atoms with Gasteiger partial charge in [-0.2, -0.15) is 5.10 Å². The molecule has 6 nitrogen and oxygen atoms in total. The largest absolute Gasteiger partial charge is 0.398 e. The first-order valence-electron chi connectivity index (χ1n) is 6.53. The zero-order chi connectivity index (χ0) is 14.8. The van der Waals surface area contributed by atoms with Crippen LogP contribution < -0.4 is 5.73 Å². The van der Waals surface area contributed by atoms with Gasteiger partial charge in [-0.15, -0.1) is 0 Å². The van der Waals surface area contributed by atoms with Crippen LogP contribution in [0, 0.1) is 0 Å². The lowest BCUT2D eigenvalue weighted by molar-refractivity contribution is 0.0787. The van der Waals surface area contributed by atoms with E-state index in [1.54, 1.807) is 41.3 Å². The van der Waals surface area contributed by atoms with Crippen molar-refractivity contribution in [1.82, 2.24) is 19.5 Å². The molecule has 0 fully saturated rings. The summed E-state index contributed by atoms with van der Waals surface area (Å²) in [4.78, 5) is 18.2. The van der Waals surface area contributed by atoms with E-state index in [4.69, 9.17) is 5.73 Å². The molecule has 0 bridgehead atoms. The van der Waals surface area contributed by atoms with E-state index in [1.165, 1.54) is 0 Å². The molecule has 3 aromatic rings. The van der Waals surface area contributed by atoms with E-state index in [0.29, 0.717) is 23.3 Å². The minimum atomic E-state index is -0.110. The predicted octanol–water partition coefficient (Wildman–Crippen LogP) is 1.58. The topological polar surface area (TPSA) is 76.5 Å². The van der Waals surface area contributed by atoms with Crippen molar-refractivity contribution >= 4 is 17.1 Å². The van der Waals surface area contributed by atoms with Gasteiger partial charge in [-0.05, 0) is 11.6 Å². The van der Waals surface area contributed by atoms with Crippen LogP contribution in [-0.4, -0.2) is 32.5 Å². The standard InChI is InChI=1S/C15H15N5O/c1-19(10-11-4-2-3-5-13(11)16)15(21)12-8-18-20-7-6-17-9-14(12)20/h2-9H,10,16H2,1H3. The summed E-state index contributed by atoms with van der Waals surface area (Å²) in [5, 5.41) is 4.15. The van der Waals surface area contributed by atoms with E-state index in [0.717, 1.165) is 5.56 Å². The van der Waals surface area contributed by atoms with Crippen LogP contribution in [0.3, 0.4) is 0 Å². The molecule has 0 aliphatic carbocycles. The van der Waals surface area contributed by atoms with Crippen molar-refractivity contribution < 1.29 is 4.79 Å². The highest BCUT2D eigenvalue weighted by Crippen LogP contribution is 2.16. The zero-order valence-electron chi connectivity index (χ0n) is 11.6. The van der Waals surface area contributed by atoms with E-state index in [2.05, 4.69) is 10.1 Å². The fourth-order valence-electron chi connectivity index (χ4n) is 2.21. The minimum Gasteiger partial charge on any atom is -0.398 e. The third kappa shape index (κ3) is 2.43. The van der Waals surface area contributed by atoms with Crippen LogP contribution in [0.1, 0.15) is 15.9 Å². The van der Waals surface area contributed by atoms with Crippen LogP contribution >= 0.6 is 0 Å². The van der Waals surface area contributed by atoms with Crippen molar-refractivity contribution in [2.45, 2.75) is 6.54 Å². The van der Waals surface area contributed by atoms with Crippen molar-refractivity contribution in [3.8, 4) is 0 Å². The van der Waals surface area contributed by atoms with Crippen LogP contribution in [-0.2, 0) is 6.54 Å². The monoisotopic (exact) mass is 281 g/mol. The highest BCUT2D eigenvalue weighted by atomic mass is 16.2. The number of nitrogens with two attached hydrogens (primary N) is 1. The number of aromatic nitrogens is 3. The molecule has 0 atom stereocenters. The summed E-state index contributed by atoms with van der Waals surface area (Å²) >= 11 is 0. The number of fused-ring (bicyclic) bond motifs is 1. The Hall–Kier alpha value is -2.89. The molecule has 106 valence electrons. The van der Waals surface area contributed by atoms with Gasteiger partial charge >= 0.3 is 0 Å². The number of benzene rings is 1. The smallest absolute Gasteiger partial charge is 0.257 e. The van der Waals surface area contributed by atoms with Crippen LogP contribution in [0.25, 0.3) is 5.52 Å². The molecule has 0 saturated carbocycles. The highest BCUT2D eigenvalue weighted by Gasteiger charge is 2.17. The van der Waals surface area contributed by atoms with Crippen molar-refractivity contribution in [1.29, 1.82) is 0 Å². The predicted molar refractivity (Wildman–Crippen MR) is 79.6 cm³/mol. The fraction of sp³-hybridized carbons (Fsp3) is 0.133. The Bertz CT molecular complexity index is 795. The first kappa shape index (κ1) is 13.1. The van der Waals surface area contributed by atoms with Crippen LogP contribution in [0.2, 0.25) is 0 Å². The number of rotatable bonds is 3. The lowest BCUT2D eigenvalue weighted by Crippen LogP contribution is -2.26. The zero-order valence-corrected chi connectivity index (χ0v) is 11.6. The van der Waals surface area contributed by atoms with Crippen LogP contribution in [0.15, 0.2) is 49.1 Å². The number of nitrogens with zero attached hydrogens (tertiary/aromatic N) is 4. The first-order chi connectivity index (χ1) is 10.2. The van der Waals surface area contributed by atoms with Gasteiger partial charge in [0.1, 0.15) is 0 Å². The number of hydrogen-bond donors (Lipinski definition) is 1. The third-order valence-corrected chi connectivity index (χ3v) is 3.36. The quantitative estimate of drug-likeness (QED) is 0.739. The lowest BCUT2D eigenvalue weighted by Gasteiger charge is -2.17. The molecule has 21 heavy (non-hydrogen) atoms. The van der Waals surface area contributed by atoms with Crippen molar-refractivity contribution in [3.63, 3.8) is 0 Å². The number of amides is 1. The Morgan fingerprint density at radius 3 is 2.95 bits per heavy atom. The van der Waals surface area contributed by atoms with E-state index < -0.39 is 0 Å². The maximum Gasteiger partial charge on any atom is 0.257 e. The molecule has 0 spiro atoms. The number of carbonyl (C=O) groups excluding carboxylic acids is 1. The maximum absolute atomic E-state index is 12.5. The summed E-state index contributed by atoms with van der Waals surface area (Å²) in [7, 11) is 1.74. The van der Waals surface area contributed by atoms with Gasteiger partial charge in [-0.1, -0.05) is 18.2 Å². The van der Waals surface area contributed by atoms with E-state index >= 15 is 0 Å². The molecule has 2 N–H and O–H groups in total. The van der Waals surface area contributed by atoms with E-state index in [-0.39, 0.29) is 5.91 Å². The number of nitrogen functional groups attached to an aromatic ring is 1. The molecule has 0 saturated heterocycles. The molecule has 1 amide bonds. The van der Waals surface area contributed by atoms with Gasteiger partial charge < -0.3 is 10.6 Å². The SMILES string of the molecule is CN(Cc1ccccc1N)C(=O)c1cnn2ccncc12. The van der Waals surface area contributed by atoms with Gasteiger partial charge in [0.2, 0.25) is 0 Å². The Labute approximate surface area is 121 Å². The first-order valence-corrected chi connectivity index (χ1v) is 6.53.